The van der Waals surface area contributed by atoms with E-state index in [4.69, 9.17) is 25.8 Å². The fraction of sp³-hybridized carbons (Fsp3) is 0.375. The molecule has 0 fully saturated rings. The Kier molecular flexibility index (Phi) is 12.3. The number of methoxy groups -OCH3 is 3. The van der Waals surface area contributed by atoms with E-state index in [1.165, 1.54) is 56.6 Å². The topological polar surface area (TPSA) is 114 Å². The predicted octanol–water partition coefficient (Wildman–Crippen LogP) is 5.20. The molecule has 0 aliphatic rings. The van der Waals surface area contributed by atoms with Crippen LogP contribution in [-0.4, -0.2) is 65.6 Å². The molecule has 0 radical (unpaired) electrons. The zero-order chi connectivity index (χ0) is 32.4. The summed E-state index contributed by atoms with van der Waals surface area (Å²) in [5.74, 6) is -0.189. The number of amides is 2. The lowest BCUT2D eigenvalue weighted by atomic mass is 10.1. The molecule has 1 N–H and O–H groups in total. The number of hydrogen-bond acceptors (Lipinski definition) is 7. The molecule has 44 heavy (non-hydrogen) atoms. The lowest BCUT2D eigenvalue weighted by Gasteiger charge is -2.33. The maximum Gasteiger partial charge on any atom is 0.265 e. The third-order valence-corrected chi connectivity index (χ3v) is 8.99. The molecule has 0 unspecified atom stereocenters. The number of benzene rings is 3. The SMILES string of the molecule is CCCNC(=O)[C@@H](CC)N(Cc1cccc(C)c1)C(=O)CN(c1cc(Cl)ccc1OC)S(=O)(=O)c1ccc(OC)c(OC)c1. The van der Waals surface area contributed by atoms with Crippen LogP contribution in [0.3, 0.4) is 0 Å². The van der Waals surface area contributed by atoms with E-state index in [1.807, 2.05) is 45.0 Å². The number of rotatable bonds is 15. The first kappa shape index (κ1) is 34.5. The van der Waals surface area contributed by atoms with Gasteiger partial charge in [0.05, 0.1) is 31.9 Å². The van der Waals surface area contributed by atoms with Crippen molar-refractivity contribution >= 4 is 39.1 Å². The first-order valence-corrected chi connectivity index (χ1v) is 16.0. The van der Waals surface area contributed by atoms with Crippen molar-refractivity contribution in [1.82, 2.24) is 10.2 Å². The van der Waals surface area contributed by atoms with Crippen LogP contribution >= 0.6 is 11.6 Å². The number of nitrogens with zero attached hydrogens (tertiary/aromatic N) is 2. The van der Waals surface area contributed by atoms with Crippen LogP contribution in [0.2, 0.25) is 5.02 Å². The number of hydrogen-bond donors (Lipinski definition) is 1. The van der Waals surface area contributed by atoms with Crippen LogP contribution in [0.1, 0.15) is 37.8 Å². The minimum Gasteiger partial charge on any atom is -0.495 e. The molecule has 0 saturated carbocycles. The van der Waals surface area contributed by atoms with Crippen LogP contribution in [0.25, 0.3) is 0 Å². The fourth-order valence-corrected chi connectivity index (χ4v) is 6.37. The highest BCUT2D eigenvalue weighted by molar-refractivity contribution is 7.92. The van der Waals surface area contributed by atoms with Gasteiger partial charge in [-0.2, -0.15) is 0 Å². The van der Waals surface area contributed by atoms with Gasteiger partial charge in [-0.05, 0) is 55.7 Å². The average molecular weight is 646 g/mol. The quantitative estimate of drug-likeness (QED) is 0.242. The molecule has 238 valence electrons. The molecule has 12 heteroatoms. The highest BCUT2D eigenvalue weighted by Gasteiger charge is 2.35. The summed E-state index contributed by atoms with van der Waals surface area (Å²) < 4.78 is 45.7. The van der Waals surface area contributed by atoms with E-state index in [0.717, 1.165) is 21.9 Å². The smallest absolute Gasteiger partial charge is 0.265 e. The number of anilines is 1. The van der Waals surface area contributed by atoms with Crippen LogP contribution in [0, 0.1) is 6.92 Å². The lowest BCUT2D eigenvalue weighted by molar-refractivity contribution is -0.140. The van der Waals surface area contributed by atoms with Gasteiger partial charge in [0.1, 0.15) is 18.3 Å². The summed E-state index contributed by atoms with van der Waals surface area (Å²) in [6.07, 6.45) is 1.04. The second-order valence-electron chi connectivity index (χ2n) is 10.1. The van der Waals surface area contributed by atoms with Crippen molar-refractivity contribution in [3.05, 3.63) is 76.8 Å². The van der Waals surface area contributed by atoms with Crippen molar-refractivity contribution < 1.29 is 32.2 Å². The molecule has 0 aromatic heterocycles. The van der Waals surface area contributed by atoms with Crippen LogP contribution in [0.4, 0.5) is 5.69 Å². The molecular weight excluding hydrogens is 606 g/mol. The molecule has 3 aromatic carbocycles. The number of sulfonamides is 1. The van der Waals surface area contributed by atoms with Crippen molar-refractivity contribution in [2.75, 3.05) is 38.7 Å². The molecule has 3 rings (SSSR count). The Bertz CT molecular complexity index is 1570. The molecule has 2 amide bonds. The van der Waals surface area contributed by atoms with Gasteiger partial charge in [-0.15, -0.1) is 0 Å². The number of ether oxygens (including phenoxy) is 3. The zero-order valence-corrected chi connectivity index (χ0v) is 27.5. The van der Waals surface area contributed by atoms with Gasteiger partial charge in [0.15, 0.2) is 11.5 Å². The Hall–Kier alpha value is -3.96. The van der Waals surface area contributed by atoms with Gasteiger partial charge in [0, 0.05) is 24.2 Å². The number of carbonyl (C=O) groups excluding carboxylic acids is 2. The molecule has 0 heterocycles. The maximum atomic E-state index is 14.3. The normalized spacial score (nSPS) is 11.8. The molecule has 0 aliphatic carbocycles. The van der Waals surface area contributed by atoms with E-state index < -0.39 is 28.5 Å². The molecule has 0 bridgehead atoms. The number of halogens is 1. The van der Waals surface area contributed by atoms with Crippen molar-refractivity contribution in [3.8, 4) is 17.2 Å². The molecule has 0 aliphatic heterocycles. The first-order chi connectivity index (χ1) is 21.0. The Morgan fingerprint density at radius 2 is 1.59 bits per heavy atom. The van der Waals surface area contributed by atoms with Gasteiger partial charge in [0.25, 0.3) is 10.0 Å². The minimum atomic E-state index is -4.42. The molecule has 0 saturated heterocycles. The summed E-state index contributed by atoms with van der Waals surface area (Å²) in [5.41, 5.74) is 1.84. The molecule has 0 spiro atoms. The number of carbonyl (C=O) groups is 2. The summed E-state index contributed by atoms with van der Waals surface area (Å²) in [4.78, 5) is 28.9. The fourth-order valence-electron chi connectivity index (χ4n) is 4.77. The van der Waals surface area contributed by atoms with Gasteiger partial charge in [-0.3, -0.25) is 13.9 Å². The molecule has 1 atom stereocenters. The first-order valence-electron chi connectivity index (χ1n) is 14.2. The van der Waals surface area contributed by atoms with E-state index in [9.17, 15) is 18.0 Å². The van der Waals surface area contributed by atoms with Crippen molar-refractivity contribution in [1.29, 1.82) is 0 Å². The highest BCUT2D eigenvalue weighted by Crippen LogP contribution is 2.37. The van der Waals surface area contributed by atoms with Crippen molar-refractivity contribution in [2.45, 2.75) is 51.1 Å². The van der Waals surface area contributed by atoms with Crippen LogP contribution in [-0.2, 0) is 26.2 Å². The lowest BCUT2D eigenvalue weighted by Crippen LogP contribution is -2.52. The Morgan fingerprint density at radius 3 is 2.20 bits per heavy atom. The standard InChI is InChI=1S/C32H40ClN3O7S/c1-7-16-34-32(38)26(8-2)35(20-23-11-9-10-22(3)17-23)31(37)21-36(27-18-24(33)12-14-28(27)41-4)44(39,40)25-13-15-29(42-5)30(19-25)43-6/h9-15,17-19,26H,7-8,16,20-21H2,1-6H3,(H,34,38)/t26-/m1/s1. The van der Waals surface area contributed by atoms with Gasteiger partial charge in [0.2, 0.25) is 11.8 Å². The second kappa shape index (κ2) is 15.7. The maximum absolute atomic E-state index is 14.3. The number of nitrogens with one attached hydrogen (secondary N) is 1. The van der Waals surface area contributed by atoms with Crippen LogP contribution in [0.15, 0.2) is 65.6 Å². The summed E-state index contributed by atoms with van der Waals surface area (Å²) in [6.45, 7) is 5.58. The highest BCUT2D eigenvalue weighted by atomic mass is 35.5. The van der Waals surface area contributed by atoms with Crippen LogP contribution in [0.5, 0.6) is 17.2 Å². The van der Waals surface area contributed by atoms with Gasteiger partial charge in [-0.25, -0.2) is 8.42 Å². The van der Waals surface area contributed by atoms with E-state index in [0.29, 0.717) is 18.7 Å². The largest absolute Gasteiger partial charge is 0.495 e. The summed E-state index contributed by atoms with van der Waals surface area (Å²) in [5, 5.41) is 3.12. The van der Waals surface area contributed by atoms with Gasteiger partial charge < -0.3 is 24.4 Å². The zero-order valence-electron chi connectivity index (χ0n) is 25.9. The summed E-state index contributed by atoms with van der Waals surface area (Å²) in [6, 6.07) is 15.4. The van der Waals surface area contributed by atoms with E-state index >= 15 is 0 Å². The molecular formula is C32H40ClN3O7S. The second-order valence-corrected chi connectivity index (χ2v) is 12.4. The third-order valence-electron chi connectivity index (χ3n) is 7.00. The Labute approximate surface area is 264 Å². The summed E-state index contributed by atoms with van der Waals surface area (Å²) >= 11 is 6.32. The van der Waals surface area contributed by atoms with Gasteiger partial charge in [-0.1, -0.05) is 55.3 Å². The van der Waals surface area contributed by atoms with Crippen LogP contribution < -0.4 is 23.8 Å². The van der Waals surface area contributed by atoms with Gasteiger partial charge >= 0.3 is 0 Å². The van der Waals surface area contributed by atoms with E-state index in [2.05, 4.69) is 5.32 Å². The Balaban J connectivity index is 2.17. The van der Waals surface area contributed by atoms with Crippen molar-refractivity contribution in [2.24, 2.45) is 0 Å². The van der Waals surface area contributed by atoms with E-state index in [-0.39, 0.29) is 39.6 Å². The monoisotopic (exact) mass is 645 g/mol. The van der Waals surface area contributed by atoms with Crippen molar-refractivity contribution in [3.63, 3.8) is 0 Å². The third kappa shape index (κ3) is 8.15. The van der Waals surface area contributed by atoms with E-state index in [1.54, 1.807) is 6.07 Å². The molecule has 10 nitrogen and oxygen atoms in total. The summed E-state index contributed by atoms with van der Waals surface area (Å²) in [7, 11) is -0.193. The minimum absolute atomic E-state index is 0.0575. The average Bonchev–Trinajstić information content (AvgIpc) is 3.01. The predicted molar refractivity (Wildman–Crippen MR) is 171 cm³/mol. The molecule has 3 aromatic rings. The number of aryl methyl sites for hydroxylation is 1. The Morgan fingerprint density at radius 1 is 0.909 bits per heavy atom.